The molecule has 34 heavy (non-hydrogen) atoms. The molecular formula is C24H31N3O6S. The number of hydrazine groups is 1. The molecule has 2 aromatic rings. The Bertz CT molecular complexity index is 968. The quantitative estimate of drug-likeness (QED) is 0.497. The number of carbonyl (C=O) groups is 3. The molecule has 3 amide bonds. The number of nitrogens with one attached hydrogen (secondary N) is 2. The van der Waals surface area contributed by atoms with Gasteiger partial charge in [-0.25, -0.2) is 0 Å². The van der Waals surface area contributed by atoms with E-state index in [9.17, 15) is 14.4 Å². The van der Waals surface area contributed by atoms with Gasteiger partial charge in [-0.2, -0.15) is 0 Å². The van der Waals surface area contributed by atoms with E-state index in [1.165, 1.54) is 11.3 Å². The van der Waals surface area contributed by atoms with Crippen LogP contribution in [0.1, 0.15) is 48.8 Å². The molecule has 2 N–H and O–H groups in total. The van der Waals surface area contributed by atoms with Crippen molar-refractivity contribution in [1.29, 1.82) is 0 Å². The SMILES string of the molecule is CCOc1cc(C(=O)NNC(=O)C2CCCN2C(=O)Cc2cccs2)cc(OCC)c1OCC. The van der Waals surface area contributed by atoms with E-state index in [4.69, 9.17) is 14.2 Å². The van der Waals surface area contributed by atoms with Crippen LogP contribution in [-0.2, 0) is 16.0 Å². The average Bonchev–Trinajstić information content (AvgIpc) is 3.51. The van der Waals surface area contributed by atoms with E-state index in [1.807, 2.05) is 38.3 Å². The smallest absolute Gasteiger partial charge is 0.269 e. The van der Waals surface area contributed by atoms with Gasteiger partial charge in [-0.1, -0.05) is 6.07 Å². The maximum atomic E-state index is 12.8. The maximum absolute atomic E-state index is 12.8. The van der Waals surface area contributed by atoms with Gasteiger partial charge in [-0.3, -0.25) is 25.2 Å². The van der Waals surface area contributed by atoms with Crippen LogP contribution in [0.2, 0.25) is 0 Å². The third-order valence-electron chi connectivity index (χ3n) is 5.25. The molecule has 1 unspecified atom stereocenters. The van der Waals surface area contributed by atoms with Crippen LogP contribution < -0.4 is 25.1 Å². The highest BCUT2D eigenvalue weighted by Crippen LogP contribution is 2.39. The molecule has 1 aromatic carbocycles. The Morgan fingerprint density at radius 2 is 1.71 bits per heavy atom. The van der Waals surface area contributed by atoms with E-state index < -0.39 is 17.9 Å². The van der Waals surface area contributed by atoms with Crippen molar-refractivity contribution in [2.45, 2.75) is 46.1 Å². The third-order valence-corrected chi connectivity index (χ3v) is 6.13. The molecule has 0 aliphatic carbocycles. The fraction of sp³-hybridized carbons (Fsp3) is 0.458. The lowest BCUT2D eigenvalue weighted by Crippen LogP contribution is -2.51. The molecule has 2 heterocycles. The van der Waals surface area contributed by atoms with Crippen molar-refractivity contribution >= 4 is 29.1 Å². The van der Waals surface area contributed by atoms with Crippen LogP contribution in [0.3, 0.4) is 0 Å². The van der Waals surface area contributed by atoms with Crippen molar-refractivity contribution in [2.24, 2.45) is 0 Å². The van der Waals surface area contributed by atoms with Gasteiger partial charge >= 0.3 is 0 Å². The van der Waals surface area contributed by atoms with Crippen molar-refractivity contribution in [3.05, 3.63) is 40.1 Å². The maximum Gasteiger partial charge on any atom is 0.269 e. The summed E-state index contributed by atoms with van der Waals surface area (Å²) in [5.41, 5.74) is 5.15. The lowest BCUT2D eigenvalue weighted by atomic mass is 10.1. The van der Waals surface area contributed by atoms with Crippen molar-refractivity contribution in [1.82, 2.24) is 15.8 Å². The van der Waals surface area contributed by atoms with E-state index in [0.717, 1.165) is 11.3 Å². The Morgan fingerprint density at radius 3 is 2.29 bits per heavy atom. The third kappa shape index (κ3) is 6.19. The Kier molecular flexibility index (Phi) is 9.15. The number of hydrogen-bond acceptors (Lipinski definition) is 7. The lowest BCUT2D eigenvalue weighted by molar-refractivity contribution is -0.138. The summed E-state index contributed by atoms with van der Waals surface area (Å²) < 4.78 is 16.9. The fourth-order valence-corrected chi connectivity index (χ4v) is 4.49. The van der Waals surface area contributed by atoms with Crippen LogP contribution in [0.5, 0.6) is 17.2 Å². The van der Waals surface area contributed by atoms with Gasteiger partial charge in [0.05, 0.1) is 26.2 Å². The van der Waals surface area contributed by atoms with Crippen LogP contribution in [0.15, 0.2) is 29.6 Å². The summed E-state index contributed by atoms with van der Waals surface area (Å²) in [7, 11) is 0. The monoisotopic (exact) mass is 489 g/mol. The Hall–Kier alpha value is -3.27. The Labute approximate surface area is 203 Å². The molecule has 0 radical (unpaired) electrons. The van der Waals surface area contributed by atoms with Gasteiger partial charge in [0.15, 0.2) is 11.5 Å². The summed E-state index contributed by atoms with van der Waals surface area (Å²) >= 11 is 1.51. The summed E-state index contributed by atoms with van der Waals surface area (Å²) in [4.78, 5) is 40.8. The number of likely N-dealkylation sites (tertiary alicyclic amines) is 1. The summed E-state index contributed by atoms with van der Waals surface area (Å²) in [6.07, 6.45) is 1.54. The van der Waals surface area contributed by atoms with Gasteiger partial charge < -0.3 is 19.1 Å². The molecule has 1 atom stereocenters. The first-order valence-electron chi connectivity index (χ1n) is 11.5. The first-order chi connectivity index (χ1) is 16.5. The first kappa shape index (κ1) is 25.4. The molecule has 9 nitrogen and oxygen atoms in total. The molecule has 3 rings (SSSR count). The molecule has 1 aliphatic rings. The van der Waals surface area contributed by atoms with Crippen LogP contribution in [0.4, 0.5) is 0 Å². The number of benzene rings is 1. The van der Waals surface area contributed by atoms with E-state index in [2.05, 4.69) is 10.9 Å². The molecule has 1 aromatic heterocycles. The van der Waals surface area contributed by atoms with Gasteiger partial charge in [0, 0.05) is 17.0 Å². The normalized spacial score (nSPS) is 15.0. The van der Waals surface area contributed by atoms with Gasteiger partial charge in [0.25, 0.3) is 11.8 Å². The minimum Gasteiger partial charge on any atom is -0.490 e. The molecule has 1 aliphatic heterocycles. The number of amides is 3. The molecular weight excluding hydrogens is 458 g/mol. The van der Waals surface area contributed by atoms with Crippen LogP contribution in [0, 0.1) is 0 Å². The van der Waals surface area contributed by atoms with Crippen LogP contribution in [-0.4, -0.2) is 55.0 Å². The standard InChI is InChI=1S/C24H31N3O6S/c1-4-31-19-13-16(14-20(32-5-2)22(19)33-6-3)23(29)25-26-24(30)18-10-7-11-27(18)21(28)15-17-9-8-12-34-17/h8-9,12-14,18H,4-7,10-11,15H2,1-3H3,(H,25,29)(H,26,30). The lowest BCUT2D eigenvalue weighted by Gasteiger charge is -2.24. The zero-order valence-corrected chi connectivity index (χ0v) is 20.5. The highest BCUT2D eigenvalue weighted by molar-refractivity contribution is 7.10. The number of ether oxygens (including phenoxy) is 3. The van der Waals surface area contributed by atoms with Gasteiger partial charge in [0.2, 0.25) is 11.7 Å². The molecule has 10 heteroatoms. The Balaban J connectivity index is 1.67. The summed E-state index contributed by atoms with van der Waals surface area (Å²) in [5.74, 6) is 0.137. The van der Waals surface area contributed by atoms with E-state index in [-0.39, 0.29) is 17.9 Å². The number of nitrogens with zero attached hydrogens (tertiary/aromatic N) is 1. The predicted octanol–water partition coefficient (Wildman–Crippen LogP) is 2.94. The number of rotatable bonds is 10. The molecule has 0 bridgehead atoms. The number of hydrogen-bond donors (Lipinski definition) is 2. The minimum absolute atomic E-state index is 0.0966. The van der Waals surface area contributed by atoms with E-state index in [1.54, 1.807) is 17.0 Å². The largest absolute Gasteiger partial charge is 0.490 e. The summed E-state index contributed by atoms with van der Waals surface area (Å²) in [6.45, 7) is 7.19. The predicted molar refractivity (Wildman–Crippen MR) is 128 cm³/mol. The van der Waals surface area contributed by atoms with Crippen molar-refractivity contribution in [3.8, 4) is 17.2 Å². The topological polar surface area (TPSA) is 106 Å². The molecule has 0 spiro atoms. The first-order valence-corrected chi connectivity index (χ1v) is 12.3. The van der Waals surface area contributed by atoms with Crippen LogP contribution >= 0.6 is 11.3 Å². The minimum atomic E-state index is -0.619. The van der Waals surface area contributed by atoms with E-state index >= 15 is 0 Å². The molecule has 1 saturated heterocycles. The molecule has 0 saturated carbocycles. The van der Waals surface area contributed by atoms with Crippen molar-refractivity contribution in [3.63, 3.8) is 0 Å². The van der Waals surface area contributed by atoms with Crippen molar-refractivity contribution < 1.29 is 28.6 Å². The van der Waals surface area contributed by atoms with E-state index in [0.29, 0.717) is 50.0 Å². The second kappa shape index (κ2) is 12.3. The second-order valence-electron chi connectivity index (χ2n) is 7.55. The highest BCUT2D eigenvalue weighted by atomic mass is 32.1. The number of thiophene rings is 1. The molecule has 1 fully saturated rings. The highest BCUT2D eigenvalue weighted by Gasteiger charge is 2.34. The van der Waals surface area contributed by atoms with Gasteiger partial charge in [0.1, 0.15) is 6.04 Å². The fourth-order valence-electron chi connectivity index (χ4n) is 3.80. The molecule has 184 valence electrons. The van der Waals surface area contributed by atoms with Crippen LogP contribution in [0.25, 0.3) is 0 Å². The zero-order valence-electron chi connectivity index (χ0n) is 19.7. The summed E-state index contributed by atoms with van der Waals surface area (Å²) in [5, 5.41) is 1.92. The zero-order chi connectivity index (χ0) is 24.5. The second-order valence-corrected chi connectivity index (χ2v) is 8.58. The van der Waals surface area contributed by atoms with Gasteiger partial charge in [-0.15, -0.1) is 11.3 Å². The van der Waals surface area contributed by atoms with Gasteiger partial charge in [-0.05, 0) is 57.2 Å². The number of carbonyl (C=O) groups excluding carboxylic acids is 3. The van der Waals surface area contributed by atoms with Crippen molar-refractivity contribution in [2.75, 3.05) is 26.4 Å². The Morgan fingerprint density at radius 1 is 1.03 bits per heavy atom. The summed E-state index contributed by atoms with van der Waals surface area (Å²) in [6, 6.07) is 6.27. The average molecular weight is 490 g/mol.